The third-order valence-electron chi connectivity index (χ3n) is 3.38. The van der Waals surface area contributed by atoms with Gasteiger partial charge in [-0.05, 0) is 18.9 Å². The first-order valence-corrected chi connectivity index (χ1v) is 6.86. The quantitative estimate of drug-likeness (QED) is 0.866. The fourth-order valence-electron chi connectivity index (χ4n) is 2.45. The fraction of sp³-hybridized carbons (Fsp3) is 0.500. The van der Waals surface area contributed by atoms with Gasteiger partial charge in [0.25, 0.3) is 0 Å². The molecule has 1 saturated heterocycles. The largest absolute Gasteiger partial charge is 0.400 e. The molecular weight excluding hydrogens is 232 g/mol. The molecule has 2 N–H and O–H groups in total. The van der Waals surface area contributed by atoms with E-state index < -0.39 is 0 Å². The van der Waals surface area contributed by atoms with Gasteiger partial charge in [-0.1, -0.05) is 0 Å². The highest BCUT2D eigenvalue weighted by Crippen LogP contribution is 2.26. The molecular formula is C12H16N4S. The van der Waals surface area contributed by atoms with E-state index in [1.807, 2.05) is 11.6 Å². The molecule has 0 unspecified atom stereocenters. The molecule has 0 bridgehead atoms. The number of hydrogen-bond donors (Lipinski definition) is 1. The number of anilines is 1. The van der Waals surface area contributed by atoms with Gasteiger partial charge in [0.15, 0.2) is 5.13 Å². The Bertz CT molecular complexity index is 441. The predicted octanol–water partition coefficient (Wildman–Crippen LogP) is 1.66. The Balaban J connectivity index is 1.61. The lowest BCUT2D eigenvalue weighted by atomic mass is 9.92. The maximum Gasteiger partial charge on any atom is 0.185 e. The monoisotopic (exact) mass is 248 g/mol. The second kappa shape index (κ2) is 4.49. The normalized spacial score (nSPS) is 21.5. The van der Waals surface area contributed by atoms with E-state index in [9.17, 15) is 0 Å². The van der Waals surface area contributed by atoms with Gasteiger partial charge in [0, 0.05) is 42.0 Å². The Hall–Kier alpha value is -1.36. The Kier molecular flexibility index (Phi) is 2.84. The topological polar surface area (TPSA) is 54.5 Å². The maximum absolute atomic E-state index is 5.76. The van der Waals surface area contributed by atoms with Crippen LogP contribution in [0.1, 0.15) is 12.8 Å². The first kappa shape index (κ1) is 10.8. The molecule has 0 saturated carbocycles. The molecule has 0 atom stereocenters. The first-order chi connectivity index (χ1) is 8.33. The lowest BCUT2D eigenvalue weighted by molar-refractivity contribution is 0.503. The summed E-state index contributed by atoms with van der Waals surface area (Å²) in [6, 6.07) is 0. The average Bonchev–Trinajstić information content (AvgIpc) is 3.00. The maximum atomic E-state index is 5.76. The van der Waals surface area contributed by atoms with Gasteiger partial charge in [-0.2, -0.15) is 0 Å². The molecule has 3 heterocycles. The molecule has 1 aromatic rings. The Morgan fingerprint density at radius 3 is 2.76 bits per heavy atom. The van der Waals surface area contributed by atoms with E-state index in [0.717, 1.165) is 36.8 Å². The number of piperidine rings is 1. The smallest absolute Gasteiger partial charge is 0.185 e. The van der Waals surface area contributed by atoms with Crippen LogP contribution in [-0.4, -0.2) is 30.3 Å². The van der Waals surface area contributed by atoms with Crippen LogP contribution in [0.2, 0.25) is 0 Å². The van der Waals surface area contributed by atoms with Crippen LogP contribution in [0.4, 0.5) is 5.13 Å². The van der Waals surface area contributed by atoms with Gasteiger partial charge in [-0.15, -0.1) is 11.3 Å². The average molecular weight is 248 g/mol. The highest BCUT2D eigenvalue weighted by Gasteiger charge is 2.24. The lowest BCUT2D eigenvalue weighted by Crippen LogP contribution is -2.35. The van der Waals surface area contributed by atoms with E-state index >= 15 is 0 Å². The van der Waals surface area contributed by atoms with Crippen molar-refractivity contribution in [3.8, 4) is 0 Å². The number of aliphatic imine (C=N–C) groups is 1. The molecule has 17 heavy (non-hydrogen) atoms. The number of aromatic nitrogens is 1. The second-order valence-corrected chi connectivity index (χ2v) is 5.41. The van der Waals surface area contributed by atoms with Crippen molar-refractivity contribution in [2.75, 3.05) is 24.5 Å². The summed E-state index contributed by atoms with van der Waals surface area (Å²) >= 11 is 1.72. The van der Waals surface area contributed by atoms with Crippen LogP contribution in [0.15, 0.2) is 28.3 Å². The van der Waals surface area contributed by atoms with E-state index in [1.54, 1.807) is 11.3 Å². The summed E-state index contributed by atoms with van der Waals surface area (Å²) in [4.78, 5) is 11.2. The summed E-state index contributed by atoms with van der Waals surface area (Å²) in [5, 5.41) is 3.18. The van der Waals surface area contributed by atoms with E-state index in [1.165, 1.54) is 5.71 Å². The highest BCUT2D eigenvalue weighted by molar-refractivity contribution is 7.13. The molecule has 0 radical (unpaired) electrons. The van der Waals surface area contributed by atoms with Gasteiger partial charge in [0.2, 0.25) is 0 Å². The van der Waals surface area contributed by atoms with Gasteiger partial charge >= 0.3 is 0 Å². The summed E-state index contributed by atoms with van der Waals surface area (Å²) < 4.78 is 0. The Morgan fingerprint density at radius 1 is 1.35 bits per heavy atom. The zero-order chi connectivity index (χ0) is 11.7. The number of rotatable bonds is 2. The molecule has 0 spiro atoms. The number of nitrogens with zero attached hydrogens (tertiary/aromatic N) is 3. The molecule has 1 aromatic heterocycles. The third-order valence-corrected chi connectivity index (χ3v) is 4.21. The van der Waals surface area contributed by atoms with Crippen LogP contribution in [0.5, 0.6) is 0 Å². The summed E-state index contributed by atoms with van der Waals surface area (Å²) in [5.74, 6) is 0.590. The predicted molar refractivity (Wildman–Crippen MR) is 71.6 cm³/mol. The fourth-order valence-corrected chi connectivity index (χ4v) is 3.15. The molecule has 0 amide bonds. The molecule has 2 aliphatic rings. The van der Waals surface area contributed by atoms with Gasteiger partial charge in [-0.25, -0.2) is 4.98 Å². The van der Waals surface area contributed by atoms with Crippen LogP contribution in [0, 0.1) is 5.92 Å². The van der Waals surface area contributed by atoms with Crippen LogP contribution in [-0.2, 0) is 0 Å². The molecule has 0 aliphatic carbocycles. The molecule has 1 fully saturated rings. The van der Waals surface area contributed by atoms with Crippen LogP contribution in [0.3, 0.4) is 0 Å². The second-order valence-electron chi connectivity index (χ2n) is 4.54. The lowest BCUT2D eigenvalue weighted by Gasteiger charge is -2.31. The van der Waals surface area contributed by atoms with Crippen molar-refractivity contribution in [1.82, 2.24) is 4.98 Å². The summed E-state index contributed by atoms with van der Waals surface area (Å²) in [7, 11) is 0. The SMILES string of the molecule is NC1=CC(C2CCN(c3nccs3)CC2)=NC1. The van der Waals surface area contributed by atoms with Gasteiger partial charge in [0.1, 0.15) is 0 Å². The molecule has 0 aromatic carbocycles. The molecule has 2 aliphatic heterocycles. The van der Waals surface area contributed by atoms with Crippen molar-refractivity contribution >= 4 is 22.2 Å². The van der Waals surface area contributed by atoms with Crippen molar-refractivity contribution in [2.45, 2.75) is 12.8 Å². The van der Waals surface area contributed by atoms with Crippen molar-refractivity contribution in [2.24, 2.45) is 16.6 Å². The number of nitrogens with two attached hydrogens (primary N) is 1. The van der Waals surface area contributed by atoms with Crippen LogP contribution < -0.4 is 10.6 Å². The molecule has 5 heteroatoms. The van der Waals surface area contributed by atoms with Crippen molar-refractivity contribution in [3.05, 3.63) is 23.3 Å². The van der Waals surface area contributed by atoms with E-state index in [-0.39, 0.29) is 0 Å². The highest BCUT2D eigenvalue weighted by atomic mass is 32.1. The summed E-state index contributed by atoms with van der Waals surface area (Å²) in [6.45, 7) is 2.85. The zero-order valence-corrected chi connectivity index (χ0v) is 10.5. The number of thiazole rings is 1. The molecule has 90 valence electrons. The summed E-state index contributed by atoms with van der Waals surface area (Å²) in [5.41, 5.74) is 7.88. The number of hydrogen-bond acceptors (Lipinski definition) is 5. The van der Waals surface area contributed by atoms with E-state index in [4.69, 9.17) is 5.73 Å². The molecule has 4 nitrogen and oxygen atoms in total. The number of allylic oxidation sites excluding steroid dienone is 1. The zero-order valence-electron chi connectivity index (χ0n) is 9.67. The van der Waals surface area contributed by atoms with Crippen LogP contribution >= 0.6 is 11.3 Å². The van der Waals surface area contributed by atoms with E-state index in [0.29, 0.717) is 12.5 Å². The van der Waals surface area contributed by atoms with Gasteiger partial charge in [0.05, 0.1) is 6.54 Å². The van der Waals surface area contributed by atoms with Crippen molar-refractivity contribution in [1.29, 1.82) is 0 Å². The van der Waals surface area contributed by atoms with Gasteiger partial charge < -0.3 is 10.6 Å². The van der Waals surface area contributed by atoms with Crippen LogP contribution in [0.25, 0.3) is 0 Å². The Labute approximate surface area is 105 Å². The van der Waals surface area contributed by atoms with Crippen molar-refractivity contribution < 1.29 is 0 Å². The summed E-state index contributed by atoms with van der Waals surface area (Å²) in [6.07, 6.45) is 6.24. The van der Waals surface area contributed by atoms with E-state index in [2.05, 4.69) is 21.0 Å². The van der Waals surface area contributed by atoms with Crippen molar-refractivity contribution in [3.63, 3.8) is 0 Å². The standard InChI is InChI=1S/C12H16N4S/c13-10-7-11(15-8-10)9-1-4-16(5-2-9)12-14-3-6-17-12/h3,6-7,9H,1-2,4-5,8,13H2. The minimum absolute atomic E-state index is 0.590. The van der Waals surface area contributed by atoms with Gasteiger partial charge in [-0.3, -0.25) is 4.99 Å². The Morgan fingerprint density at radius 2 is 2.18 bits per heavy atom. The molecule has 3 rings (SSSR count). The minimum Gasteiger partial charge on any atom is -0.400 e. The minimum atomic E-state index is 0.590. The first-order valence-electron chi connectivity index (χ1n) is 5.98. The third kappa shape index (κ3) is 2.20.